The van der Waals surface area contributed by atoms with Crippen molar-refractivity contribution in [2.24, 2.45) is 0 Å². The van der Waals surface area contributed by atoms with Crippen LogP contribution in [-0.2, 0) is 0 Å². The van der Waals surface area contributed by atoms with E-state index in [4.69, 9.17) is 0 Å². The Kier molecular flexibility index (Phi) is 3.77. The lowest BCUT2D eigenvalue weighted by atomic mass is 10.0. The Balaban J connectivity index is 1.78. The number of benzene rings is 2. The van der Waals surface area contributed by atoms with Crippen LogP contribution in [0.15, 0.2) is 42.5 Å². The molecule has 1 aliphatic heterocycles. The normalized spacial score (nSPS) is 13.2. The molecule has 4 rings (SSSR count). The fraction of sp³-hybridized carbons (Fsp3) is 0.143. The molecule has 6 heteroatoms. The number of nitrogens with one attached hydrogen (secondary N) is 1. The van der Waals surface area contributed by atoms with Crippen LogP contribution >= 0.6 is 0 Å². The van der Waals surface area contributed by atoms with E-state index < -0.39 is 17.7 Å². The first kappa shape index (κ1) is 16.9. The van der Waals surface area contributed by atoms with Crippen LogP contribution in [0.4, 0.5) is 0 Å². The van der Waals surface area contributed by atoms with Crippen LogP contribution in [0.3, 0.4) is 0 Å². The molecule has 3 aromatic rings. The Morgan fingerprint density at radius 2 is 1.67 bits per heavy atom. The quantitative estimate of drug-likeness (QED) is 0.713. The van der Waals surface area contributed by atoms with Gasteiger partial charge in [0.15, 0.2) is 0 Å². The van der Waals surface area contributed by atoms with Crippen LogP contribution in [0.1, 0.15) is 47.9 Å². The maximum Gasteiger partial charge on any atom is 0.282 e. The zero-order valence-electron chi connectivity index (χ0n) is 15.2. The topological polar surface area (TPSA) is 79.4 Å². The second-order valence-corrected chi connectivity index (χ2v) is 6.67. The molecular formula is C21H17N3O3. The maximum absolute atomic E-state index is 13.0. The van der Waals surface area contributed by atoms with E-state index in [1.54, 1.807) is 32.0 Å². The first-order valence-electron chi connectivity index (χ1n) is 8.55. The van der Waals surface area contributed by atoms with Crippen molar-refractivity contribution in [1.82, 2.24) is 15.4 Å². The number of hydrazine groups is 1. The van der Waals surface area contributed by atoms with Gasteiger partial charge in [0.25, 0.3) is 17.7 Å². The van der Waals surface area contributed by atoms with Gasteiger partial charge >= 0.3 is 0 Å². The molecule has 1 aliphatic rings. The lowest BCUT2D eigenvalue weighted by molar-refractivity contribution is 0.0518. The predicted molar refractivity (Wildman–Crippen MR) is 100 cm³/mol. The number of amides is 3. The SMILES string of the molecule is Cc1ccc2nc(C)c3c(c2c1)C(=O)N(NC(=O)c1ccccc1C)C3=O. The lowest BCUT2D eigenvalue weighted by Crippen LogP contribution is -2.46. The molecule has 0 radical (unpaired) electrons. The second-order valence-electron chi connectivity index (χ2n) is 6.67. The molecule has 0 spiro atoms. The van der Waals surface area contributed by atoms with Gasteiger partial charge in [0.2, 0.25) is 0 Å². The van der Waals surface area contributed by atoms with E-state index in [-0.39, 0.29) is 11.1 Å². The summed E-state index contributed by atoms with van der Waals surface area (Å²) < 4.78 is 0. The number of nitrogens with zero attached hydrogens (tertiary/aromatic N) is 2. The molecule has 0 atom stereocenters. The Morgan fingerprint density at radius 3 is 2.41 bits per heavy atom. The maximum atomic E-state index is 13.0. The highest BCUT2D eigenvalue weighted by atomic mass is 16.2. The molecule has 134 valence electrons. The minimum Gasteiger partial charge on any atom is -0.267 e. The molecule has 0 aliphatic carbocycles. The molecule has 2 aromatic carbocycles. The van der Waals surface area contributed by atoms with Gasteiger partial charge in [0, 0.05) is 10.9 Å². The number of hydrogen-bond donors (Lipinski definition) is 1. The van der Waals surface area contributed by atoms with E-state index in [9.17, 15) is 14.4 Å². The fourth-order valence-corrected chi connectivity index (χ4v) is 3.39. The van der Waals surface area contributed by atoms with Gasteiger partial charge in [0.1, 0.15) is 0 Å². The minimum atomic E-state index is -0.564. The Hall–Kier alpha value is -3.54. The van der Waals surface area contributed by atoms with Crippen molar-refractivity contribution in [1.29, 1.82) is 0 Å². The summed E-state index contributed by atoms with van der Waals surface area (Å²) in [4.78, 5) is 42.9. The molecule has 0 fully saturated rings. The van der Waals surface area contributed by atoms with Gasteiger partial charge in [0.05, 0.1) is 22.3 Å². The number of fused-ring (bicyclic) bond motifs is 3. The van der Waals surface area contributed by atoms with Gasteiger partial charge in [-0.1, -0.05) is 29.8 Å². The Morgan fingerprint density at radius 1 is 0.963 bits per heavy atom. The zero-order chi connectivity index (χ0) is 19.3. The standard InChI is InChI=1S/C21H17N3O3/c1-11-8-9-16-15(10-11)18-17(13(3)22-16)20(26)24(21(18)27)23-19(25)14-7-5-4-6-12(14)2/h4-10H,1-3H3,(H,23,25). The number of carbonyl (C=O) groups is 3. The number of carbonyl (C=O) groups excluding carboxylic acids is 3. The van der Waals surface area contributed by atoms with Gasteiger partial charge in [-0.15, -0.1) is 0 Å². The van der Waals surface area contributed by atoms with Crippen molar-refractivity contribution in [3.8, 4) is 0 Å². The van der Waals surface area contributed by atoms with Crippen molar-refractivity contribution in [2.45, 2.75) is 20.8 Å². The Labute approximate surface area is 155 Å². The summed E-state index contributed by atoms with van der Waals surface area (Å²) in [5, 5.41) is 1.40. The molecular weight excluding hydrogens is 342 g/mol. The van der Waals surface area contributed by atoms with Crippen LogP contribution in [0.25, 0.3) is 10.9 Å². The van der Waals surface area contributed by atoms with Crippen LogP contribution < -0.4 is 5.43 Å². The third kappa shape index (κ3) is 2.57. The molecule has 0 saturated heterocycles. The minimum absolute atomic E-state index is 0.239. The lowest BCUT2D eigenvalue weighted by Gasteiger charge is -2.16. The molecule has 6 nitrogen and oxygen atoms in total. The predicted octanol–water partition coefficient (Wildman–Crippen LogP) is 3.10. The van der Waals surface area contributed by atoms with Gasteiger partial charge in [-0.3, -0.25) is 24.8 Å². The average molecular weight is 359 g/mol. The number of rotatable bonds is 2. The summed E-state index contributed by atoms with van der Waals surface area (Å²) in [7, 11) is 0. The average Bonchev–Trinajstić information content (AvgIpc) is 2.88. The zero-order valence-corrected chi connectivity index (χ0v) is 15.2. The van der Waals surface area contributed by atoms with Crippen molar-refractivity contribution in [2.75, 3.05) is 0 Å². The van der Waals surface area contributed by atoms with Crippen LogP contribution in [0.2, 0.25) is 0 Å². The van der Waals surface area contributed by atoms with Gasteiger partial charge in [-0.25, -0.2) is 0 Å². The number of aromatic nitrogens is 1. The van der Waals surface area contributed by atoms with Crippen molar-refractivity contribution in [3.05, 3.63) is 76.0 Å². The molecule has 0 unspecified atom stereocenters. The Bertz CT molecular complexity index is 1150. The van der Waals surface area contributed by atoms with E-state index in [0.29, 0.717) is 22.2 Å². The summed E-state index contributed by atoms with van der Waals surface area (Å²) in [5.74, 6) is -1.61. The van der Waals surface area contributed by atoms with Crippen molar-refractivity contribution >= 4 is 28.6 Å². The summed E-state index contributed by atoms with van der Waals surface area (Å²) >= 11 is 0. The first-order chi connectivity index (χ1) is 12.9. The van der Waals surface area contributed by atoms with Gasteiger partial charge in [-0.05, 0) is 44.5 Å². The van der Waals surface area contributed by atoms with E-state index >= 15 is 0 Å². The fourth-order valence-electron chi connectivity index (χ4n) is 3.39. The monoisotopic (exact) mass is 359 g/mol. The number of imide groups is 1. The summed E-state index contributed by atoms with van der Waals surface area (Å²) in [6, 6.07) is 12.5. The van der Waals surface area contributed by atoms with Crippen LogP contribution in [0.5, 0.6) is 0 Å². The van der Waals surface area contributed by atoms with E-state index in [1.807, 2.05) is 31.2 Å². The third-order valence-corrected chi connectivity index (χ3v) is 4.76. The van der Waals surface area contributed by atoms with Crippen LogP contribution in [0, 0.1) is 20.8 Å². The highest BCUT2D eigenvalue weighted by molar-refractivity contribution is 6.27. The highest BCUT2D eigenvalue weighted by Gasteiger charge is 2.40. The van der Waals surface area contributed by atoms with Crippen LogP contribution in [-0.4, -0.2) is 27.7 Å². The van der Waals surface area contributed by atoms with E-state index in [1.165, 1.54) is 0 Å². The largest absolute Gasteiger partial charge is 0.282 e. The van der Waals surface area contributed by atoms with Gasteiger partial charge in [-0.2, -0.15) is 5.01 Å². The first-order valence-corrected chi connectivity index (χ1v) is 8.55. The van der Waals surface area contributed by atoms with Gasteiger partial charge < -0.3 is 0 Å². The summed E-state index contributed by atoms with van der Waals surface area (Å²) in [5.41, 5.74) is 6.21. The molecule has 27 heavy (non-hydrogen) atoms. The van der Waals surface area contributed by atoms with E-state index in [2.05, 4.69) is 10.4 Å². The second kappa shape index (κ2) is 6.02. The molecule has 0 bridgehead atoms. The molecule has 2 heterocycles. The number of pyridine rings is 1. The highest BCUT2D eigenvalue weighted by Crippen LogP contribution is 2.31. The molecule has 1 aromatic heterocycles. The van der Waals surface area contributed by atoms with E-state index in [0.717, 1.165) is 16.1 Å². The van der Waals surface area contributed by atoms with Crippen molar-refractivity contribution < 1.29 is 14.4 Å². The third-order valence-electron chi connectivity index (χ3n) is 4.76. The molecule has 1 N–H and O–H groups in total. The number of aryl methyl sites for hydroxylation is 3. The summed E-state index contributed by atoms with van der Waals surface area (Å²) in [6.07, 6.45) is 0. The smallest absolute Gasteiger partial charge is 0.267 e. The molecule has 0 saturated carbocycles. The molecule has 3 amide bonds. The number of hydrogen-bond acceptors (Lipinski definition) is 4. The summed E-state index contributed by atoms with van der Waals surface area (Å²) in [6.45, 7) is 5.39. The van der Waals surface area contributed by atoms with Crippen molar-refractivity contribution in [3.63, 3.8) is 0 Å².